The molecule has 7 heteroatoms. The summed E-state index contributed by atoms with van der Waals surface area (Å²) in [7, 11) is -3.62. The molecule has 1 aliphatic rings. The van der Waals surface area contributed by atoms with E-state index in [1.54, 1.807) is 25.1 Å². The largest absolute Gasteiger partial charge is 0.441 e. The van der Waals surface area contributed by atoms with E-state index in [1.165, 1.54) is 6.42 Å². The molecular weight excluding hydrogens is 410 g/mol. The first kappa shape index (κ1) is 22.0. The molecule has 1 fully saturated rings. The van der Waals surface area contributed by atoms with E-state index in [4.69, 9.17) is 16.0 Å². The van der Waals surface area contributed by atoms with Gasteiger partial charge in [-0.1, -0.05) is 50.4 Å². The van der Waals surface area contributed by atoms with Crippen LogP contribution in [-0.2, 0) is 20.4 Å². The van der Waals surface area contributed by atoms with E-state index in [0.29, 0.717) is 40.3 Å². The Labute approximate surface area is 177 Å². The summed E-state index contributed by atoms with van der Waals surface area (Å²) in [4.78, 5) is 16.8. The third-order valence-electron chi connectivity index (χ3n) is 6.10. The van der Waals surface area contributed by atoms with Gasteiger partial charge in [-0.2, -0.15) is 0 Å². The Morgan fingerprint density at radius 2 is 1.97 bits per heavy atom. The summed E-state index contributed by atoms with van der Waals surface area (Å²) in [5, 5.41) is 0.481. The smallest absolute Gasteiger partial charge is 0.228 e. The van der Waals surface area contributed by atoms with Crippen LogP contribution in [0.15, 0.2) is 28.7 Å². The zero-order chi connectivity index (χ0) is 21.2. The number of nitrogens with zero attached hydrogens (tertiary/aromatic N) is 1. The van der Waals surface area contributed by atoms with Crippen LogP contribution in [0.5, 0.6) is 0 Å². The van der Waals surface area contributed by atoms with E-state index in [-0.39, 0.29) is 23.3 Å². The van der Waals surface area contributed by atoms with Crippen molar-refractivity contribution in [3.05, 3.63) is 40.7 Å². The van der Waals surface area contributed by atoms with E-state index >= 15 is 0 Å². The number of oxazole rings is 1. The Bertz CT molecular complexity index is 982. The Balaban J connectivity index is 1.67. The van der Waals surface area contributed by atoms with Crippen LogP contribution in [0, 0.1) is 24.7 Å². The van der Waals surface area contributed by atoms with Gasteiger partial charge in [0.1, 0.15) is 17.3 Å². The number of carbonyl (C=O) groups excluding carboxylic acids is 1. The van der Waals surface area contributed by atoms with Crippen molar-refractivity contribution < 1.29 is 17.6 Å². The first-order valence-corrected chi connectivity index (χ1v) is 12.3. The number of hydrogen-bond acceptors (Lipinski definition) is 5. The van der Waals surface area contributed by atoms with Crippen molar-refractivity contribution in [3.63, 3.8) is 0 Å². The van der Waals surface area contributed by atoms with E-state index in [2.05, 4.69) is 18.8 Å². The molecule has 1 saturated carbocycles. The molecule has 0 N–H and O–H groups in total. The number of ketones is 1. The lowest BCUT2D eigenvalue weighted by Crippen LogP contribution is -2.28. The first-order valence-electron chi connectivity index (χ1n) is 10.1. The molecule has 1 aromatic heterocycles. The van der Waals surface area contributed by atoms with E-state index in [9.17, 15) is 13.2 Å². The number of rotatable bonds is 7. The van der Waals surface area contributed by atoms with Crippen molar-refractivity contribution in [2.75, 3.05) is 5.75 Å². The summed E-state index contributed by atoms with van der Waals surface area (Å²) in [6.45, 7) is 6.05. The maximum Gasteiger partial charge on any atom is 0.228 e. The predicted octanol–water partition coefficient (Wildman–Crippen LogP) is 5.25. The lowest BCUT2D eigenvalue weighted by Gasteiger charge is -2.33. The summed E-state index contributed by atoms with van der Waals surface area (Å²) >= 11 is 6.17. The van der Waals surface area contributed by atoms with Crippen LogP contribution in [0.2, 0.25) is 5.02 Å². The highest BCUT2D eigenvalue weighted by Gasteiger charge is 2.30. The van der Waals surface area contributed by atoms with Crippen molar-refractivity contribution in [2.24, 2.45) is 17.8 Å². The number of sulfone groups is 1. The van der Waals surface area contributed by atoms with Gasteiger partial charge in [-0.25, -0.2) is 13.4 Å². The number of halogens is 1. The monoisotopic (exact) mass is 437 g/mol. The third-order valence-corrected chi connectivity index (χ3v) is 7.90. The Morgan fingerprint density at radius 1 is 1.24 bits per heavy atom. The zero-order valence-electron chi connectivity index (χ0n) is 17.2. The fraction of sp³-hybridized carbons (Fsp3) is 0.545. The topological polar surface area (TPSA) is 77.2 Å². The van der Waals surface area contributed by atoms with Gasteiger partial charge in [-0.15, -0.1) is 0 Å². The average Bonchev–Trinajstić information content (AvgIpc) is 2.98. The molecule has 0 amide bonds. The third kappa shape index (κ3) is 5.48. The van der Waals surface area contributed by atoms with Gasteiger partial charge >= 0.3 is 0 Å². The average molecular weight is 438 g/mol. The van der Waals surface area contributed by atoms with Crippen LogP contribution in [0.3, 0.4) is 0 Å². The molecule has 1 aliphatic carbocycles. The van der Waals surface area contributed by atoms with Crippen molar-refractivity contribution in [1.29, 1.82) is 0 Å². The molecule has 158 valence electrons. The molecule has 5 nitrogen and oxygen atoms in total. The first-order chi connectivity index (χ1) is 13.7. The number of hydrogen-bond donors (Lipinski definition) is 0. The van der Waals surface area contributed by atoms with E-state index < -0.39 is 15.6 Å². The summed E-state index contributed by atoms with van der Waals surface area (Å²) in [5.74, 6) is 1.06. The molecule has 0 aliphatic heterocycles. The normalized spacial score (nSPS) is 22.6. The molecule has 0 bridgehead atoms. The van der Waals surface area contributed by atoms with Gasteiger partial charge < -0.3 is 4.42 Å². The molecule has 3 unspecified atom stereocenters. The van der Waals surface area contributed by atoms with Crippen LogP contribution in [0.1, 0.15) is 51.0 Å². The van der Waals surface area contributed by atoms with Crippen molar-refractivity contribution in [1.82, 2.24) is 4.98 Å². The zero-order valence-corrected chi connectivity index (χ0v) is 18.7. The van der Waals surface area contributed by atoms with Crippen molar-refractivity contribution >= 4 is 27.2 Å². The van der Waals surface area contributed by atoms with E-state index in [1.807, 2.05) is 6.07 Å². The highest BCUT2D eigenvalue weighted by atomic mass is 35.5. The van der Waals surface area contributed by atoms with Crippen LogP contribution >= 0.6 is 11.6 Å². The molecule has 3 atom stereocenters. The summed E-state index contributed by atoms with van der Waals surface area (Å²) in [5.41, 5.74) is 0.935. The van der Waals surface area contributed by atoms with Gasteiger partial charge in [-0.05, 0) is 43.2 Å². The quantitative estimate of drug-likeness (QED) is 0.591. The van der Waals surface area contributed by atoms with E-state index in [0.717, 1.165) is 12.8 Å². The Hall–Kier alpha value is -1.66. The van der Waals surface area contributed by atoms with Crippen molar-refractivity contribution in [3.8, 4) is 11.5 Å². The number of aromatic nitrogens is 1. The predicted molar refractivity (Wildman–Crippen MR) is 114 cm³/mol. The minimum atomic E-state index is -3.62. The van der Waals surface area contributed by atoms with Crippen LogP contribution in [-0.4, -0.2) is 24.9 Å². The lowest BCUT2D eigenvalue weighted by atomic mass is 9.72. The molecular formula is C22H28ClNO4S. The molecule has 1 heterocycles. The lowest BCUT2D eigenvalue weighted by molar-refractivity contribution is -0.118. The maximum atomic E-state index is 12.6. The molecule has 29 heavy (non-hydrogen) atoms. The van der Waals surface area contributed by atoms with Gasteiger partial charge in [0.25, 0.3) is 0 Å². The SMILES string of the molecule is Cc1oc(-c2ccccc2Cl)nc1CS(=O)(=O)CC(=O)CC1CCCC(C)C1C. The maximum absolute atomic E-state index is 12.6. The molecule has 1 aromatic carbocycles. The highest BCUT2D eigenvalue weighted by Crippen LogP contribution is 2.36. The number of Topliss-reactive ketones (excluding diaryl/α,β-unsaturated/α-hetero) is 1. The van der Waals surface area contributed by atoms with Gasteiger partial charge in [0.15, 0.2) is 9.84 Å². The summed E-state index contributed by atoms with van der Waals surface area (Å²) in [6, 6.07) is 7.09. The van der Waals surface area contributed by atoms with Crippen LogP contribution < -0.4 is 0 Å². The fourth-order valence-electron chi connectivity index (χ4n) is 4.15. The number of carbonyl (C=O) groups is 1. The van der Waals surface area contributed by atoms with Crippen LogP contribution in [0.4, 0.5) is 0 Å². The standard InChI is InChI=1S/C22H28ClNO4S/c1-14-7-6-8-17(15(14)2)11-18(25)12-29(26,27)13-21-16(3)28-22(24-21)19-9-4-5-10-20(19)23/h4-5,9-10,14-15,17H,6-8,11-13H2,1-3H3. The second kappa shape index (κ2) is 9.00. The second-order valence-corrected chi connectivity index (χ2v) is 10.8. The number of benzene rings is 1. The molecule has 0 spiro atoms. The van der Waals surface area contributed by atoms with Gasteiger partial charge in [0, 0.05) is 6.42 Å². The Kier molecular flexibility index (Phi) is 6.84. The van der Waals surface area contributed by atoms with Crippen molar-refractivity contribution in [2.45, 2.75) is 52.2 Å². The molecule has 0 saturated heterocycles. The fourth-order valence-corrected chi connectivity index (χ4v) is 5.76. The molecule has 0 radical (unpaired) electrons. The second-order valence-electron chi connectivity index (χ2n) is 8.30. The summed E-state index contributed by atoms with van der Waals surface area (Å²) < 4.78 is 30.9. The van der Waals surface area contributed by atoms with Crippen LogP contribution in [0.25, 0.3) is 11.5 Å². The molecule has 3 rings (SSSR count). The van der Waals surface area contributed by atoms with Gasteiger partial charge in [0.2, 0.25) is 5.89 Å². The minimum absolute atomic E-state index is 0.205. The van der Waals surface area contributed by atoms with Gasteiger partial charge in [-0.3, -0.25) is 4.79 Å². The minimum Gasteiger partial charge on any atom is -0.441 e. The molecule has 2 aromatic rings. The Morgan fingerprint density at radius 3 is 2.69 bits per heavy atom. The summed E-state index contributed by atoms with van der Waals surface area (Å²) in [6.07, 6.45) is 3.64. The van der Waals surface area contributed by atoms with Gasteiger partial charge in [0.05, 0.1) is 22.0 Å². The number of aryl methyl sites for hydroxylation is 1. The highest BCUT2D eigenvalue weighted by molar-refractivity contribution is 7.91.